The Hall–Kier alpha value is -2.65. The van der Waals surface area contributed by atoms with Crippen molar-refractivity contribution in [3.8, 4) is 11.3 Å². The summed E-state index contributed by atoms with van der Waals surface area (Å²) in [5.74, 6) is 0. The number of hydrogen-bond donors (Lipinski definition) is 1. The van der Waals surface area contributed by atoms with Gasteiger partial charge in [0.25, 0.3) is 0 Å². The molecule has 3 rings (SSSR count). The first-order valence-corrected chi connectivity index (χ1v) is 9.53. The lowest BCUT2D eigenvalue weighted by atomic mass is 10.0. The van der Waals surface area contributed by atoms with Crippen LogP contribution in [-0.2, 0) is 6.42 Å². The van der Waals surface area contributed by atoms with Crippen molar-refractivity contribution in [2.24, 2.45) is 0 Å². The molecule has 0 aliphatic heterocycles. The Balaban J connectivity index is 0.00000117. The molecule has 1 heterocycles. The summed E-state index contributed by atoms with van der Waals surface area (Å²) < 4.78 is 0. The molecule has 2 nitrogen and oxygen atoms in total. The van der Waals surface area contributed by atoms with Crippen molar-refractivity contribution >= 4 is 22.7 Å². The molecule has 0 fully saturated rings. The lowest BCUT2D eigenvalue weighted by Crippen LogP contribution is -1.99. The second kappa shape index (κ2) is 9.16. The van der Waals surface area contributed by atoms with E-state index in [9.17, 15) is 0 Å². The van der Waals surface area contributed by atoms with Crippen molar-refractivity contribution in [2.45, 2.75) is 27.2 Å². The molecule has 3 heteroatoms. The zero-order chi connectivity index (χ0) is 19.1. The minimum absolute atomic E-state index is 0.896. The predicted molar refractivity (Wildman–Crippen MR) is 117 cm³/mol. The Kier molecular flexibility index (Phi) is 6.93. The number of nitrogens with zero attached hydrogens (tertiary/aromatic N) is 1. The van der Waals surface area contributed by atoms with Gasteiger partial charge in [-0.25, -0.2) is 4.98 Å². The maximum Gasteiger partial charge on any atom is 0.0901 e. The van der Waals surface area contributed by atoms with E-state index in [-0.39, 0.29) is 0 Å². The van der Waals surface area contributed by atoms with Gasteiger partial charge in [0.1, 0.15) is 0 Å². The highest BCUT2D eigenvalue weighted by Crippen LogP contribution is 2.26. The van der Waals surface area contributed by atoms with Gasteiger partial charge in [-0.3, -0.25) is 0 Å². The first-order valence-electron chi connectivity index (χ1n) is 8.65. The van der Waals surface area contributed by atoms with Gasteiger partial charge in [0.15, 0.2) is 0 Å². The average Bonchev–Trinajstić information content (AvgIpc) is 3.10. The molecule has 0 amide bonds. The molecule has 0 aliphatic carbocycles. The molecule has 0 atom stereocenters. The molecule has 0 unspecified atom stereocenters. The van der Waals surface area contributed by atoms with Crippen LogP contribution < -0.4 is 5.32 Å². The van der Waals surface area contributed by atoms with Gasteiger partial charge < -0.3 is 5.32 Å². The maximum atomic E-state index is 4.56. The van der Waals surface area contributed by atoms with Crippen LogP contribution in [0, 0.1) is 13.8 Å². The van der Waals surface area contributed by atoms with Gasteiger partial charge in [-0.1, -0.05) is 37.8 Å². The van der Waals surface area contributed by atoms with Crippen molar-refractivity contribution < 1.29 is 0 Å². The zero-order valence-electron chi connectivity index (χ0n) is 15.8. The van der Waals surface area contributed by atoms with E-state index in [1.165, 1.54) is 11.1 Å². The molecule has 3 aromatic rings. The summed E-state index contributed by atoms with van der Waals surface area (Å²) in [6, 6.07) is 14.8. The van der Waals surface area contributed by atoms with E-state index in [2.05, 4.69) is 91.7 Å². The second-order valence-electron chi connectivity index (χ2n) is 5.93. The summed E-state index contributed by atoms with van der Waals surface area (Å²) in [4.78, 5) is 4.56. The number of benzene rings is 2. The Morgan fingerprint density at radius 1 is 1.12 bits per heavy atom. The van der Waals surface area contributed by atoms with Gasteiger partial charge in [-0.05, 0) is 55.2 Å². The highest BCUT2D eigenvalue weighted by molar-refractivity contribution is 7.09. The van der Waals surface area contributed by atoms with Crippen LogP contribution in [0.4, 0.5) is 5.69 Å². The molecule has 0 saturated carbocycles. The van der Waals surface area contributed by atoms with Crippen LogP contribution >= 0.6 is 11.3 Å². The summed E-state index contributed by atoms with van der Waals surface area (Å²) in [5, 5.41) is 6.60. The first-order chi connectivity index (χ1) is 12.6. The summed E-state index contributed by atoms with van der Waals surface area (Å²) in [6.45, 7) is 16.6. The van der Waals surface area contributed by atoms with Crippen LogP contribution in [-0.4, -0.2) is 4.98 Å². The van der Waals surface area contributed by atoms with E-state index in [1.807, 2.05) is 6.92 Å². The average molecular weight is 363 g/mol. The fourth-order valence-electron chi connectivity index (χ4n) is 2.78. The molecular weight excluding hydrogens is 336 g/mol. The van der Waals surface area contributed by atoms with Crippen LogP contribution in [0.5, 0.6) is 0 Å². The van der Waals surface area contributed by atoms with Gasteiger partial charge in [-0.2, -0.15) is 0 Å². The molecule has 26 heavy (non-hydrogen) atoms. The third kappa shape index (κ3) is 4.70. The fourth-order valence-corrected chi connectivity index (χ4v) is 3.40. The van der Waals surface area contributed by atoms with Gasteiger partial charge in [-0.15, -0.1) is 24.5 Å². The molecular formula is C23H26N2S. The van der Waals surface area contributed by atoms with Gasteiger partial charge >= 0.3 is 0 Å². The molecule has 0 radical (unpaired) electrons. The molecule has 1 aromatic heterocycles. The summed E-state index contributed by atoms with van der Waals surface area (Å²) >= 11 is 1.67. The third-order valence-electron chi connectivity index (χ3n) is 4.14. The smallest absolute Gasteiger partial charge is 0.0901 e. The molecule has 0 aliphatic rings. The van der Waals surface area contributed by atoms with E-state index in [1.54, 1.807) is 11.3 Å². The number of thiazole rings is 1. The van der Waals surface area contributed by atoms with E-state index >= 15 is 0 Å². The topological polar surface area (TPSA) is 24.9 Å². The van der Waals surface area contributed by atoms with Gasteiger partial charge in [0.05, 0.1) is 10.7 Å². The Morgan fingerprint density at radius 2 is 1.88 bits per heavy atom. The summed E-state index contributed by atoms with van der Waals surface area (Å²) in [6.07, 6.45) is 1.06. The Labute approximate surface area is 161 Å². The molecule has 0 spiro atoms. The summed E-state index contributed by atoms with van der Waals surface area (Å²) in [7, 11) is 0. The number of nitrogens with one attached hydrogen (secondary N) is 1. The highest BCUT2D eigenvalue weighted by atomic mass is 32.1. The fraction of sp³-hybridized carbons (Fsp3) is 0.174. The van der Waals surface area contributed by atoms with Gasteiger partial charge in [0, 0.05) is 22.3 Å². The lowest BCUT2D eigenvalue weighted by molar-refractivity contribution is 1.11. The number of hydrogen-bond acceptors (Lipinski definition) is 3. The Bertz CT molecular complexity index is 893. The number of rotatable bonds is 5. The SMILES string of the molecule is C=C.C=C(Nc1ccc(CC)c(C)c1)c1cccc(-c2csc(C)n2)c1. The van der Waals surface area contributed by atoms with Crippen LogP contribution in [0.15, 0.2) is 67.6 Å². The van der Waals surface area contributed by atoms with Crippen molar-refractivity contribution in [1.29, 1.82) is 0 Å². The highest BCUT2D eigenvalue weighted by Gasteiger charge is 2.06. The molecule has 0 saturated heterocycles. The van der Waals surface area contributed by atoms with Crippen LogP contribution in [0.2, 0.25) is 0 Å². The third-order valence-corrected chi connectivity index (χ3v) is 4.92. The van der Waals surface area contributed by atoms with Crippen molar-refractivity contribution in [2.75, 3.05) is 5.32 Å². The van der Waals surface area contributed by atoms with Crippen molar-refractivity contribution in [3.63, 3.8) is 0 Å². The van der Waals surface area contributed by atoms with E-state index < -0.39 is 0 Å². The largest absolute Gasteiger partial charge is 0.356 e. The van der Waals surface area contributed by atoms with Crippen LogP contribution in [0.25, 0.3) is 17.0 Å². The van der Waals surface area contributed by atoms with Gasteiger partial charge in [0.2, 0.25) is 0 Å². The standard InChI is InChI=1S/C21H22N2S.C2H4/c1-5-17-9-10-20(11-14(17)2)22-15(3)18-7-6-8-19(12-18)21-13-24-16(4)23-21;1-2/h6-13,22H,3,5H2,1-2,4H3;1-2H2. The lowest BCUT2D eigenvalue weighted by Gasteiger charge is -2.13. The monoisotopic (exact) mass is 362 g/mol. The van der Waals surface area contributed by atoms with Crippen molar-refractivity contribution in [3.05, 3.63) is 89.3 Å². The second-order valence-corrected chi connectivity index (χ2v) is 6.99. The predicted octanol–water partition coefficient (Wildman–Crippen LogP) is 6.87. The van der Waals surface area contributed by atoms with Crippen LogP contribution in [0.3, 0.4) is 0 Å². The molecule has 1 N–H and O–H groups in total. The maximum absolute atomic E-state index is 4.56. The quantitative estimate of drug-likeness (QED) is 0.501. The molecule has 134 valence electrons. The normalized spacial score (nSPS) is 9.96. The number of anilines is 1. The van der Waals surface area contributed by atoms with E-state index in [0.717, 1.165) is 39.6 Å². The molecule has 0 bridgehead atoms. The first kappa shape index (κ1) is 19.7. The molecule has 2 aromatic carbocycles. The zero-order valence-corrected chi connectivity index (χ0v) is 16.6. The minimum Gasteiger partial charge on any atom is -0.356 e. The minimum atomic E-state index is 0.896. The number of aromatic nitrogens is 1. The van der Waals surface area contributed by atoms with E-state index in [4.69, 9.17) is 0 Å². The number of aryl methyl sites for hydroxylation is 3. The Morgan fingerprint density at radius 3 is 2.50 bits per heavy atom. The van der Waals surface area contributed by atoms with Crippen LogP contribution in [0.1, 0.15) is 28.6 Å². The van der Waals surface area contributed by atoms with E-state index in [0.29, 0.717) is 0 Å². The van der Waals surface area contributed by atoms with Crippen molar-refractivity contribution in [1.82, 2.24) is 4.98 Å². The summed E-state index contributed by atoms with van der Waals surface area (Å²) in [5.41, 5.74) is 7.88.